The highest BCUT2D eigenvalue weighted by atomic mass is 35.5. The molecule has 0 bridgehead atoms. The lowest BCUT2D eigenvalue weighted by Crippen LogP contribution is -2.49. The van der Waals surface area contributed by atoms with Crippen molar-refractivity contribution in [3.05, 3.63) is 69.5 Å². The van der Waals surface area contributed by atoms with E-state index >= 15 is 0 Å². The molecule has 0 fully saturated rings. The number of nitrogens with one attached hydrogen (secondary N) is 1. The van der Waals surface area contributed by atoms with Gasteiger partial charge in [-0.05, 0) is 48.2 Å². The number of thioether (sulfide) groups is 1. The molecule has 0 aliphatic carbocycles. The van der Waals surface area contributed by atoms with E-state index in [2.05, 4.69) is 12.2 Å². The SMILES string of the molecule is CCCCNC(=O)[C@H](CC)N(Cc1ccc(F)cc1)C(=O)CSCc1c(Cl)cccc1Cl. The van der Waals surface area contributed by atoms with Crippen LogP contribution in [0.2, 0.25) is 10.0 Å². The van der Waals surface area contributed by atoms with Crippen molar-refractivity contribution in [3.8, 4) is 0 Å². The molecule has 0 aromatic heterocycles. The van der Waals surface area contributed by atoms with Crippen LogP contribution in [0.5, 0.6) is 0 Å². The summed E-state index contributed by atoms with van der Waals surface area (Å²) < 4.78 is 13.3. The molecule has 0 heterocycles. The number of carbonyl (C=O) groups is 2. The van der Waals surface area contributed by atoms with E-state index in [0.29, 0.717) is 28.8 Å². The number of hydrogen-bond acceptors (Lipinski definition) is 3. The predicted octanol–water partition coefficient (Wildman–Crippen LogP) is 6.09. The molecule has 0 radical (unpaired) electrons. The molecule has 2 aromatic carbocycles. The van der Waals surface area contributed by atoms with Gasteiger partial charge in [-0.15, -0.1) is 11.8 Å². The fourth-order valence-corrected chi connectivity index (χ4v) is 4.85. The van der Waals surface area contributed by atoms with Gasteiger partial charge in [0.05, 0.1) is 5.75 Å². The Hall–Kier alpha value is -1.76. The molecule has 0 saturated heterocycles. The molecule has 0 unspecified atom stereocenters. The van der Waals surface area contributed by atoms with E-state index < -0.39 is 6.04 Å². The van der Waals surface area contributed by atoms with Crippen LogP contribution in [0.1, 0.15) is 44.2 Å². The molecular formula is C24H29Cl2FN2O2S. The molecule has 32 heavy (non-hydrogen) atoms. The number of amides is 2. The number of carbonyl (C=O) groups excluding carboxylic acids is 2. The number of halogens is 3. The molecule has 2 aromatic rings. The molecule has 0 spiro atoms. The van der Waals surface area contributed by atoms with E-state index in [1.807, 2.05) is 6.92 Å². The highest BCUT2D eigenvalue weighted by molar-refractivity contribution is 7.99. The van der Waals surface area contributed by atoms with Gasteiger partial charge in [-0.1, -0.05) is 61.7 Å². The zero-order valence-electron chi connectivity index (χ0n) is 18.4. The average molecular weight is 499 g/mol. The van der Waals surface area contributed by atoms with Crippen LogP contribution < -0.4 is 5.32 Å². The van der Waals surface area contributed by atoms with Gasteiger partial charge in [-0.2, -0.15) is 0 Å². The first-order valence-corrected chi connectivity index (χ1v) is 12.6. The Balaban J connectivity index is 2.13. The molecule has 174 valence electrons. The third kappa shape index (κ3) is 7.98. The van der Waals surface area contributed by atoms with Gasteiger partial charge >= 0.3 is 0 Å². The summed E-state index contributed by atoms with van der Waals surface area (Å²) in [5, 5.41) is 4.04. The van der Waals surface area contributed by atoms with Gasteiger partial charge in [0, 0.05) is 28.9 Å². The molecule has 2 amide bonds. The Morgan fingerprint density at radius 2 is 1.75 bits per heavy atom. The van der Waals surface area contributed by atoms with Crippen molar-refractivity contribution in [2.45, 2.75) is 51.4 Å². The van der Waals surface area contributed by atoms with Crippen LogP contribution in [-0.2, 0) is 21.9 Å². The van der Waals surface area contributed by atoms with Crippen LogP contribution >= 0.6 is 35.0 Å². The second-order valence-electron chi connectivity index (χ2n) is 7.41. The zero-order chi connectivity index (χ0) is 23.5. The average Bonchev–Trinajstić information content (AvgIpc) is 2.77. The first-order chi connectivity index (χ1) is 15.4. The smallest absolute Gasteiger partial charge is 0.242 e. The maximum Gasteiger partial charge on any atom is 0.242 e. The van der Waals surface area contributed by atoms with Crippen molar-refractivity contribution in [2.75, 3.05) is 12.3 Å². The van der Waals surface area contributed by atoms with E-state index in [0.717, 1.165) is 24.0 Å². The lowest BCUT2D eigenvalue weighted by Gasteiger charge is -2.30. The Kier molecular flexibility index (Phi) is 11.4. The van der Waals surface area contributed by atoms with Crippen LogP contribution in [0.15, 0.2) is 42.5 Å². The van der Waals surface area contributed by atoms with Gasteiger partial charge in [0.15, 0.2) is 0 Å². The molecule has 0 aliphatic heterocycles. The normalized spacial score (nSPS) is 11.8. The second-order valence-corrected chi connectivity index (χ2v) is 9.21. The summed E-state index contributed by atoms with van der Waals surface area (Å²) in [5.41, 5.74) is 1.54. The van der Waals surface area contributed by atoms with Crippen LogP contribution in [-0.4, -0.2) is 35.1 Å². The van der Waals surface area contributed by atoms with Gasteiger partial charge in [0.25, 0.3) is 0 Å². The van der Waals surface area contributed by atoms with Crippen LogP contribution in [0.4, 0.5) is 4.39 Å². The summed E-state index contributed by atoms with van der Waals surface area (Å²) in [6, 6.07) is 10.7. The molecule has 1 atom stereocenters. The van der Waals surface area contributed by atoms with Gasteiger partial charge in [-0.3, -0.25) is 9.59 Å². The van der Waals surface area contributed by atoms with Crippen molar-refractivity contribution in [3.63, 3.8) is 0 Å². The summed E-state index contributed by atoms with van der Waals surface area (Å²) >= 11 is 13.8. The summed E-state index contributed by atoms with van der Waals surface area (Å²) in [4.78, 5) is 27.6. The quantitative estimate of drug-likeness (QED) is 0.360. The third-order valence-electron chi connectivity index (χ3n) is 5.02. The van der Waals surface area contributed by atoms with E-state index in [1.165, 1.54) is 23.9 Å². The van der Waals surface area contributed by atoms with E-state index in [1.54, 1.807) is 35.2 Å². The minimum atomic E-state index is -0.603. The number of hydrogen-bond donors (Lipinski definition) is 1. The summed E-state index contributed by atoms with van der Waals surface area (Å²) in [6.45, 7) is 4.73. The third-order valence-corrected chi connectivity index (χ3v) is 6.67. The van der Waals surface area contributed by atoms with Gasteiger partial charge < -0.3 is 10.2 Å². The van der Waals surface area contributed by atoms with Crippen molar-refractivity contribution >= 4 is 46.8 Å². The summed E-state index contributed by atoms with van der Waals surface area (Å²) in [5.74, 6) is -0.0333. The van der Waals surface area contributed by atoms with Gasteiger partial charge in [0.2, 0.25) is 11.8 Å². The minimum Gasteiger partial charge on any atom is -0.354 e. The summed E-state index contributed by atoms with van der Waals surface area (Å²) in [7, 11) is 0. The minimum absolute atomic E-state index is 0.167. The van der Waals surface area contributed by atoms with Gasteiger partial charge in [0.1, 0.15) is 11.9 Å². The number of rotatable bonds is 12. The standard InChI is InChI=1S/C24H29Cl2FN2O2S/c1-3-5-13-28-24(31)22(4-2)29(14-17-9-11-18(27)12-10-17)23(30)16-32-15-19-20(25)7-6-8-21(19)26/h6-12,22H,3-5,13-16H2,1-2H3,(H,28,31)/t22-/m0/s1. The maximum atomic E-state index is 13.3. The molecule has 4 nitrogen and oxygen atoms in total. The highest BCUT2D eigenvalue weighted by Gasteiger charge is 2.28. The van der Waals surface area contributed by atoms with E-state index in [4.69, 9.17) is 23.2 Å². The zero-order valence-corrected chi connectivity index (χ0v) is 20.7. The summed E-state index contributed by atoms with van der Waals surface area (Å²) in [6.07, 6.45) is 2.32. The monoisotopic (exact) mass is 498 g/mol. The number of nitrogens with zero attached hydrogens (tertiary/aromatic N) is 1. The maximum absolute atomic E-state index is 13.3. The van der Waals surface area contributed by atoms with Crippen LogP contribution in [0, 0.1) is 5.82 Å². The lowest BCUT2D eigenvalue weighted by atomic mass is 10.1. The molecule has 0 aliphatic rings. The topological polar surface area (TPSA) is 49.4 Å². The molecule has 1 N–H and O–H groups in total. The fraction of sp³-hybridized carbons (Fsp3) is 0.417. The van der Waals surface area contributed by atoms with E-state index in [9.17, 15) is 14.0 Å². The number of benzene rings is 2. The van der Waals surface area contributed by atoms with E-state index in [-0.39, 0.29) is 29.9 Å². The van der Waals surface area contributed by atoms with Crippen LogP contribution in [0.25, 0.3) is 0 Å². The highest BCUT2D eigenvalue weighted by Crippen LogP contribution is 2.28. The Morgan fingerprint density at radius 1 is 1.09 bits per heavy atom. The lowest BCUT2D eigenvalue weighted by molar-refractivity contribution is -0.139. The largest absolute Gasteiger partial charge is 0.354 e. The Labute approximate surface area is 203 Å². The molecule has 8 heteroatoms. The first kappa shape index (κ1) is 26.5. The van der Waals surface area contributed by atoms with Crippen molar-refractivity contribution in [2.24, 2.45) is 0 Å². The molecule has 0 saturated carbocycles. The molecular weight excluding hydrogens is 470 g/mol. The van der Waals surface area contributed by atoms with Crippen molar-refractivity contribution < 1.29 is 14.0 Å². The fourth-order valence-electron chi connectivity index (χ4n) is 3.21. The predicted molar refractivity (Wildman–Crippen MR) is 132 cm³/mol. The Morgan fingerprint density at radius 3 is 2.34 bits per heavy atom. The van der Waals surface area contributed by atoms with Crippen molar-refractivity contribution in [1.29, 1.82) is 0 Å². The Bertz CT molecular complexity index is 876. The second kappa shape index (κ2) is 13.7. The number of unbranched alkanes of at least 4 members (excludes halogenated alkanes) is 1. The van der Waals surface area contributed by atoms with Gasteiger partial charge in [-0.25, -0.2) is 4.39 Å². The first-order valence-electron chi connectivity index (χ1n) is 10.7. The van der Waals surface area contributed by atoms with Crippen LogP contribution in [0.3, 0.4) is 0 Å². The molecule has 2 rings (SSSR count). The van der Waals surface area contributed by atoms with Crippen molar-refractivity contribution in [1.82, 2.24) is 10.2 Å².